The molecule has 0 spiro atoms. The number of nitrogens with one attached hydrogen (secondary N) is 2. The fourth-order valence-electron chi connectivity index (χ4n) is 2.34. The molecule has 0 saturated carbocycles. The van der Waals surface area contributed by atoms with Crippen LogP contribution < -0.4 is 5.32 Å². The molecule has 2 aromatic heterocycles. The third kappa shape index (κ3) is 3.08. The zero-order valence-electron chi connectivity index (χ0n) is 11.8. The molecule has 0 atom stereocenters. The Kier molecular flexibility index (Phi) is 3.64. The molecule has 106 valence electrons. The second kappa shape index (κ2) is 5.75. The standard InChI is InChI=1S/C16H16N4O/c1-11-9-15(20-19-11)18-16(21)6-5-12-3-2-4-13-10-17-8-7-14(12)13/h2-4,7-10H,5-6H2,1H3,(H2,18,19,20,21). The largest absolute Gasteiger partial charge is 0.309 e. The molecule has 3 rings (SSSR count). The summed E-state index contributed by atoms with van der Waals surface area (Å²) in [5.41, 5.74) is 2.08. The first kappa shape index (κ1) is 13.3. The van der Waals surface area contributed by atoms with Gasteiger partial charge < -0.3 is 5.32 Å². The van der Waals surface area contributed by atoms with Crippen molar-refractivity contribution in [2.75, 3.05) is 5.32 Å². The number of anilines is 1. The van der Waals surface area contributed by atoms with E-state index >= 15 is 0 Å². The summed E-state index contributed by atoms with van der Waals surface area (Å²) in [5.74, 6) is 0.534. The lowest BCUT2D eigenvalue weighted by atomic mass is 10.0. The summed E-state index contributed by atoms with van der Waals surface area (Å²) in [5, 5.41) is 11.8. The summed E-state index contributed by atoms with van der Waals surface area (Å²) >= 11 is 0. The molecule has 1 aromatic carbocycles. The Morgan fingerprint density at radius 3 is 3.05 bits per heavy atom. The van der Waals surface area contributed by atoms with Crippen LogP contribution in [-0.2, 0) is 11.2 Å². The van der Waals surface area contributed by atoms with Crippen LogP contribution in [0.1, 0.15) is 17.7 Å². The number of H-pyrrole nitrogens is 1. The van der Waals surface area contributed by atoms with Gasteiger partial charge in [-0.15, -0.1) is 0 Å². The number of nitrogens with zero attached hydrogens (tertiary/aromatic N) is 2. The van der Waals surface area contributed by atoms with E-state index in [1.807, 2.05) is 43.5 Å². The average molecular weight is 280 g/mol. The van der Waals surface area contributed by atoms with Gasteiger partial charge in [-0.2, -0.15) is 5.10 Å². The molecule has 2 N–H and O–H groups in total. The predicted molar refractivity (Wildman–Crippen MR) is 82.0 cm³/mol. The van der Waals surface area contributed by atoms with Crippen molar-refractivity contribution in [3.63, 3.8) is 0 Å². The summed E-state index contributed by atoms with van der Waals surface area (Å²) in [6, 6.07) is 9.86. The first-order chi connectivity index (χ1) is 10.2. The molecular formula is C16H16N4O. The summed E-state index contributed by atoms with van der Waals surface area (Å²) in [7, 11) is 0. The highest BCUT2D eigenvalue weighted by molar-refractivity contribution is 5.91. The molecule has 0 unspecified atom stereocenters. The number of fused-ring (bicyclic) bond motifs is 1. The third-order valence-corrected chi connectivity index (χ3v) is 3.37. The van der Waals surface area contributed by atoms with E-state index in [0.717, 1.165) is 22.0 Å². The summed E-state index contributed by atoms with van der Waals surface area (Å²) in [6.07, 6.45) is 4.73. The zero-order valence-corrected chi connectivity index (χ0v) is 11.8. The number of hydrogen-bond acceptors (Lipinski definition) is 3. The van der Waals surface area contributed by atoms with Gasteiger partial charge in [-0.25, -0.2) is 0 Å². The van der Waals surface area contributed by atoms with Crippen molar-refractivity contribution in [3.05, 3.63) is 54.0 Å². The molecular weight excluding hydrogens is 264 g/mol. The number of aromatic nitrogens is 3. The Morgan fingerprint density at radius 2 is 2.24 bits per heavy atom. The van der Waals surface area contributed by atoms with Crippen molar-refractivity contribution in [2.45, 2.75) is 19.8 Å². The van der Waals surface area contributed by atoms with Crippen LogP contribution in [0.2, 0.25) is 0 Å². The van der Waals surface area contributed by atoms with E-state index in [1.165, 1.54) is 0 Å². The molecule has 0 radical (unpaired) electrons. The van der Waals surface area contributed by atoms with E-state index in [0.29, 0.717) is 18.7 Å². The van der Waals surface area contributed by atoms with Crippen LogP contribution in [0.4, 0.5) is 5.82 Å². The molecule has 0 aliphatic heterocycles. The number of aryl methyl sites for hydroxylation is 2. The molecule has 21 heavy (non-hydrogen) atoms. The molecule has 0 saturated heterocycles. The van der Waals surface area contributed by atoms with E-state index < -0.39 is 0 Å². The minimum atomic E-state index is -0.0347. The van der Waals surface area contributed by atoms with Gasteiger partial charge in [0.15, 0.2) is 5.82 Å². The number of rotatable bonds is 4. The SMILES string of the molecule is Cc1cc(NC(=O)CCc2cccc3cnccc23)n[nH]1. The quantitative estimate of drug-likeness (QED) is 0.772. The fraction of sp³-hybridized carbons (Fsp3) is 0.188. The first-order valence-electron chi connectivity index (χ1n) is 6.86. The maximum atomic E-state index is 12.0. The van der Waals surface area contributed by atoms with Crippen LogP contribution in [0.25, 0.3) is 10.8 Å². The van der Waals surface area contributed by atoms with Crippen LogP contribution in [0.15, 0.2) is 42.7 Å². The van der Waals surface area contributed by atoms with Gasteiger partial charge in [0.05, 0.1) is 0 Å². The second-order valence-corrected chi connectivity index (χ2v) is 5.00. The Morgan fingerprint density at radius 1 is 1.33 bits per heavy atom. The Bertz CT molecular complexity index is 773. The van der Waals surface area contributed by atoms with Crippen LogP contribution in [0, 0.1) is 6.92 Å². The van der Waals surface area contributed by atoms with Gasteiger partial charge in [-0.1, -0.05) is 18.2 Å². The lowest BCUT2D eigenvalue weighted by Crippen LogP contribution is -2.12. The van der Waals surface area contributed by atoms with Gasteiger partial charge in [0.25, 0.3) is 0 Å². The number of carbonyl (C=O) groups excluding carboxylic acids is 1. The molecule has 0 aliphatic carbocycles. The van der Waals surface area contributed by atoms with Gasteiger partial charge in [-0.05, 0) is 30.4 Å². The van der Waals surface area contributed by atoms with Crippen molar-refractivity contribution in [1.29, 1.82) is 0 Å². The molecule has 3 aromatic rings. The minimum Gasteiger partial charge on any atom is -0.309 e. The first-order valence-corrected chi connectivity index (χ1v) is 6.86. The topological polar surface area (TPSA) is 70.7 Å². The van der Waals surface area contributed by atoms with Gasteiger partial charge >= 0.3 is 0 Å². The van der Waals surface area contributed by atoms with E-state index in [1.54, 1.807) is 6.20 Å². The van der Waals surface area contributed by atoms with Crippen molar-refractivity contribution in [2.24, 2.45) is 0 Å². The molecule has 5 nitrogen and oxygen atoms in total. The molecule has 5 heteroatoms. The molecule has 0 bridgehead atoms. The maximum Gasteiger partial charge on any atom is 0.225 e. The highest BCUT2D eigenvalue weighted by Crippen LogP contribution is 2.19. The van der Waals surface area contributed by atoms with Crippen LogP contribution >= 0.6 is 0 Å². The maximum absolute atomic E-state index is 12.0. The summed E-state index contributed by atoms with van der Waals surface area (Å²) in [4.78, 5) is 16.1. The van der Waals surface area contributed by atoms with E-state index in [9.17, 15) is 4.79 Å². The Balaban J connectivity index is 1.67. The average Bonchev–Trinajstić information content (AvgIpc) is 2.90. The Labute approximate surface area is 122 Å². The number of hydrogen-bond donors (Lipinski definition) is 2. The van der Waals surface area contributed by atoms with Crippen molar-refractivity contribution in [1.82, 2.24) is 15.2 Å². The minimum absolute atomic E-state index is 0.0347. The molecule has 0 fully saturated rings. The molecule has 1 amide bonds. The van der Waals surface area contributed by atoms with Gasteiger partial charge in [0, 0.05) is 36.0 Å². The lowest BCUT2D eigenvalue weighted by Gasteiger charge is -2.06. The number of carbonyl (C=O) groups is 1. The third-order valence-electron chi connectivity index (χ3n) is 3.37. The lowest BCUT2D eigenvalue weighted by molar-refractivity contribution is -0.116. The monoisotopic (exact) mass is 280 g/mol. The normalized spacial score (nSPS) is 10.7. The fourth-order valence-corrected chi connectivity index (χ4v) is 2.34. The van der Waals surface area contributed by atoms with Gasteiger partial charge in [0.2, 0.25) is 5.91 Å². The smallest absolute Gasteiger partial charge is 0.225 e. The summed E-state index contributed by atoms with van der Waals surface area (Å²) < 4.78 is 0. The van der Waals surface area contributed by atoms with Crippen LogP contribution in [-0.4, -0.2) is 21.1 Å². The number of amides is 1. The molecule has 2 heterocycles. The zero-order chi connectivity index (χ0) is 14.7. The predicted octanol–water partition coefficient (Wildman–Crippen LogP) is 2.84. The van der Waals surface area contributed by atoms with Crippen molar-refractivity contribution >= 4 is 22.5 Å². The van der Waals surface area contributed by atoms with Crippen molar-refractivity contribution < 1.29 is 4.79 Å². The van der Waals surface area contributed by atoms with Gasteiger partial charge in [-0.3, -0.25) is 14.9 Å². The van der Waals surface area contributed by atoms with Crippen molar-refractivity contribution in [3.8, 4) is 0 Å². The summed E-state index contributed by atoms with van der Waals surface area (Å²) in [6.45, 7) is 1.90. The van der Waals surface area contributed by atoms with E-state index in [4.69, 9.17) is 0 Å². The highest BCUT2D eigenvalue weighted by atomic mass is 16.1. The molecule has 0 aliphatic rings. The van der Waals surface area contributed by atoms with Crippen LogP contribution in [0.5, 0.6) is 0 Å². The van der Waals surface area contributed by atoms with E-state index in [-0.39, 0.29) is 5.91 Å². The second-order valence-electron chi connectivity index (χ2n) is 5.00. The Hall–Kier alpha value is -2.69. The highest BCUT2D eigenvalue weighted by Gasteiger charge is 2.07. The van der Waals surface area contributed by atoms with Crippen LogP contribution in [0.3, 0.4) is 0 Å². The van der Waals surface area contributed by atoms with E-state index in [2.05, 4.69) is 20.5 Å². The van der Waals surface area contributed by atoms with Gasteiger partial charge in [0.1, 0.15) is 0 Å². The number of benzene rings is 1. The number of pyridine rings is 1. The number of aromatic amines is 1.